The summed E-state index contributed by atoms with van der Waals surface area (Å²) in [5.41, 5.74) is 2.21. The Bertz CT molecular complexity index is 1410. The van der Waals surface area contributed by atoms with Crippen molar-refractivity contribution in [1.29, 1.82) is 0 Å². The summed E-state index contributed by atoms with van der Waals surface area (Å²) in [5, 5.41) is 6.12. The highest BCUT2D eigenvalue weighted by Crippen LogP contribution is 2.26. The SMILES string of the molecule is COc1ccc2oc(=O)c(-c3ccc(OCC(=O)Nc4cccc(NC(C)=O)c4)cc3)cc2c1. The van der Waals surface area contributed by atoms with Gasteiger partial charge in [-0.3, -0.25) is 9.59 Å². The second-order valence-electron chi connectivity index (χ2n) is 7.47. The number of benzene rings is 3. The number of ether oxygens (including phenoxy) is 2. The highest BCUT2D eigenvalue weighted by Gasteiger charge is 2.10. The Hall–Kier alpha value is -4.59. The monoisotopic (exact) mass is 458 g/mol. The molecule has 0 saturated heterocycles. The number of rotatable bonds is 7. The molecule has 4 aromatic rings. The summed E-state index contributed by atoms with van der Waals surface area (Å²) in [6, 6.07) is 20.6. The van der Waals surface area contributed by atoms with Crippen molar-refractivity contribution in [2.75, 3.05) is 24.4 Å². The number of hydrogen-bond acceptors (Lipinski definition) is 6. The zero-order valence-electron chi connectivity index (χ0n) is 18.6. The second-order valence-corrected chi connectivity index (χ2v) is 7.47. The van der Waals surface area contributed by atoms with Gasteiger partial charge >= 0.3 is 5.63 Å². The molecule has 2 amide bonds. The third kappa shape index (κ3) is 5.42. The van der Waals surface area contributed by atoms with Crippen LogP contribution in [0.15, 0.2) is 82.0 Å². The third-order valence-corrected chi connectivity index (χ3v) is 4.94. The Morgan fingerprint density at radius 1 is 0.882 bits per heavy atom. The van der Waals surface area contributed by atoms with Crippen LogP contribution in [0, 0.1) is 0 Å². The largest absolute Gasteiger partial charge is 0.497 e. The normalized spacial score (nSPS) is 10.5. The fraction of sp³-hybridized carbons (Fsp3) is 0.115. The van der Waals surface area contributed by atoms with Crippen molar-refractivity contribution in [3.05, 3.63) is 83.2 Å². The predicted octanol–water partition coefficient (Wildman–Crippen LogP) is 4.44. The van der Waals surface area contributed by atoms with E-state index < -0.39 is 5.63 Å². The maximum absolute atomic E-state index is 12.4. The zero-order chi connectivity index (χ0) is 24.1. The topological polar surface area (TPSA) is 107 Å². The predicted molar refractivity (Wildman–Crippen MR) is 129 cm³/mol. The van der Waals surface area contributed by atoms with E-state index in [4.69, 9.17) is 13.9 Å². The molecule has 0 unspecified atom stereocenters. The van der Waals surface area contributed by atoms with Gasteiger partial charge in [-0.15, -0.1) is 0 Å². The van der Waals surface area contributed by atoms with Gasteiger partial charge in [0.05, 0.1) is 12.7 Å². The molecule has 0 bridgehead atoms. The van der Waals surface area contributed by atoms with E-state index in [9.17, 15) is 14.4 Å². The number of amides is 2. The van der Waals surface area contributed by atoms with Crippen molar-refractivity contribution >= 4 is 34.2 Å². The number of fused-ring (bicyclic) bond motifs is 1. The van der Waals surface area contributed by atoms with Gasteiger partial charge in [0.2, 0.25) is 5.91 Å². The second kappa shape index (κ2) is 9.91. The molecular weight excluding hydrogens is 436 g/mol. The fourth-order valence-corrected chi connectivity index (χ4v) is 3.38. The van der Waals surface area contributed by atoms with Gasteiger partial charge in [0.15, 0.2) is 6.61 Å². The number of nitrogens with one attached hydrogen (secondary N) is 2. The molecular formula is C26H22N2O6. The summed E-state index contributed by atoms with van der Waals surface area (Å²) in [6.07, 6.45) is 0. The first kappa shape index (κ1) is 22.6. The average Bonchev–Trinajstić information content (AvgIpc) is 2.82. The highest BCUT2D eigenvalue weighted by atomic mass is 16.5. The van der Waals surface area contributed by atoms with Gasteiger partial charge in [-0.25, -0.2) is 4.79 Å². The maximum atomic E-state index is 12.4. The minimum atomic E-state index is -0.452. The van der Waals surface area contributed by atoms with Crippen LogP contribution in [0.1, 0.15) is 6.92 Å². The van der Waals surface area contributed by atoms with Crippen LogP contribution in [0.5, 0.6) is 11.5 Å². The third-order valence-electron chi connectivity index (χ3n) is 4.94. The van der Waals surface area contributed by atoms with Crippen LogP contribution >= 0.6 is 0 Å². The first-order chi connectivity index (χ1) is 16.4. The first-order valence-corrected chi connectivity index (χ1v) is 10.4. The molecule has 0 atom stereocenters. The Balaban J connectivity index is 1.41. The molecule has 8 heteroatoms. The Morgan fingerprint density at radius 3 is 2.29 bits per heavy atom. The van der Waals surface area contributed by atoms with Gasteiger partial charge in [0.25, 0.3) is 5.91 Å². The molecule has 4 rings (SSSR count). The van der Waals surface area contributed by atoms with Crippen molar-refractivity contribution in [2.45, 2.75) is 6.92 Å². The van der Waals surface area contributed by atoms with Gasteiger partial charge in [0.1, 0.15) is 17.1 Å². The van der Waals surface area contributed by atoms with Crippen LogP contribution in [-0.4, -0.2) is 25.5 Å². The van der Waals surface area contributed by atoms with E-state index in [1.165, 1.54) is 6.92 Å². The van der Waals surface area contributed by atoms with Crippen molar-refractivity contribution in [1.82, 2.24) is 0 Å². The molecule has 1 heterocycles. The lowest BCUT2D eigenvalue weighted by Crippen LogP contribution is -2.20. The van der Waals surface area contributed by atoms with Crippen molar-refractivity contribution in [3.8, 4) is 22.6 Å². The van der Waals surface area contributed by atoms with E-state index in [-0.39, 0.29) is 18.4 Å². The minimum Gasteiger partial charge on any atom is -0.497 e. The van der Waals surface area contributed by atoms with Gasteiger partial charge in [-0.05, 0) is 60.2 Å². The number of hydrogen-bond donors (Lipinski definition) is 2. The molecule has 2 N–H and O–H groups in total. The fourth-order valence-electron chi connectivity index (χ4n) is 3.38. The van der Waals surface area contributed by atoms with Crippen LogP contribution in [0.25, 0.3) is 22.1 Å². The van der Waals surface area contributed by atoms with E-state index in [1.807, 2.05) is 0 Å². The maximum Gasteiger partial charge on any atom is 0.344 e. The Morgan fingerprint density at radius 2 is 1.59 bits per heavy atom. The lowest BCUT2D eigenvalue weighted by molar-refractivity contribution is -0.118. The zero-order valence-corrected chi connectivity index (χ0v) is 18.6. The Kier molecular flexibility index (Phi) is 6.59. The summed E-state index contributed by atoms with van der Waals surface area (Å²) < 4.78 is 16.2. The molecule has 0 spiro atoms. The molecule has 0 aliphatic heterocycles. The van der Waals surface area contributed by atoms with Crippen molar-refractivity contribution in [3.63, 3.8) is 0 Å². The first-order valence-electron chi connectivity index (χ1n) is 10.4. The lowest BCUT2D eigenvalue weighted by Gasteiger charge is -2.10. The van der Waals surface area contributed by atoms with Crippen LogP contribution in [0.4, 0.5) is 11.4 Å². The van der Waals surface area contributed by atoms with E-state index in [2.05, 4.69) is 10.6 Å². The van der Waals surface area contributed by atoms with Gasteiger partial charge in [0, 0.05) is 23.7 Å². The standard InChI is InChI=1S/C26H22N2O6/c1-16(29)27-19-4-3-5-20(14-19)28-25(30)15-33-21-8-6-17(7-9-21)23-13-18-12-22(32-2)10-11-24(18)34-26(23)31/h3-14H,15H2,1-2H3,(H,27,29)(H,28,30). The number of carbonyl (C=O) groups excluding carboxylic acids is 2. The van der Waals surface area contributed by atoms with E-state index >= 15 is 0 Å². The van der Waals surface area contributed by atoms with Crippen LogP contribution in [-0.2, 0) is 9.59 Å². The highest BCUT2D eigenvalue weighted by molar-refractivity contribution is 5.94. The van der Waals surface area contributed by atoms with E-state index in [0.29, 0.717) is 39.6 Å². The molecule has 0 aliphatic rings. The Labute approximate surface area is 195 Å². The van der Waals surface area contributed by atoms with Crippen molar-refractivity contribution < 1.29 is 23.5 Å². The number of methoxy groups -OCH3 is 1. The minimum absolute atomic E-state index is 0.198. The molecule has 3 aromatic carbocycles. The summed E-state index contributed by atoms with van der Waals surface area (Å²) in [4.78, 5) is 35.9. The molecule has 34 heavy (non-hydrogen) atoms. The van der Waals surface area contributed by atoms with E-state index in [1.54, 1.807) is 79.9 Å². The smallest absolute Gasteiger partial charge is 0.344 e. The summed E-state index contributed by atoms with van der Waals surface area (Å²) in [6.45, 7) is 1.20. The molecule has 172 valence electrons. The van der Waals surface area contributed by atoms with Crippen LogP contribution in [0.2, 0.25) is 0 Å². The van der Waals surface area contributed by atoms with Gasteiger partial charge < -0.3 is 24.5 Å². The molecule has 1 aromatic heterocycles. The molecule has 0 fully saturated rings. The summed E-state index contributed by atoms with van der Waals surface area (Å²) in [7, 11) is 1.57. The quantitative estimate of drug-likeness (QED) is 0.397. The van der Waals surface area contributed by atoms with E-state index in [0.717, 1.165) is 5.39 Å². The lowest BCUT2D eigenvalue weighted by atomic mass is 10.1. The summed E-state index contributed by atoms with van der Waals surface area (Å²) in [5.74, 6) is 0.582. The van der Waals surface area contributed by atoms with Crippen molar-refractivity contribution in [2.24, 2.45) is 0 Å². The average molecular weight is 458 g/mol. The molecule has 0 aliphatic carbocycles. The summed E-state index contributed by atoms with van der Waals surface area (Å²) >= 11 is 0. The van der Waals surface area contributed by atoms with Gasteiger partial charge in [-0.1, -0.05) is 18.2 Å². The number of anilines is 2. The van der Waals surface area contributed by atoms with Crippen LogP contribution < -0.4 is 25.7 Å². The van der Waals surface area contributed by atoms with Crippen LogP contribution in [0.3, 0.4) is 0 Å². The molecule has 8 nitrogen and oxygen atoms in total. The van der Waals surface area contributed by atoms with Gasteiger partial charge in [-0.2, -0.15) is 0 Å². The molecule has 0 radical (unpaired) electrons. The molecule has 0 saturated carbocycles. The number of carbonyl (C=O) groups is 2.